The SMILES string of the molecule is Cc1ccc(N)cc1C(=O)OC1CCN(C)C1=O. The number of hydrogen-bond acceptors (Lipinski definition) is 4. The number of nitrogen functional groups attached to an aromatic ring is 1. The third-order valence-electron chi connectivity index (χ3n) is 3.11. The van der Waals surface area contributed by atoms with Crippen LogP contribution in [0.15, 0.2) is 18.2 Å². The molecule has 0 radical (unpaired) electrons. The van der Waals surface area contributed by atoms with Gasteiger partial charge in [-0.25, -0.2) is 4.79 Å². The number of esters is 1. The monoisotopic (exact) mass is 248 g/mol. The molecule has 1 amide bonds. The fraction of sp³-hybridized carbons (Fsp3) is 0.385. The van der Waals surface area contributed by atoms with Crippen LogP contribution in [0, 0.1) is 6.92 Å². The van der Waals surface area contributed by atoms with Gasteiger partial charge < -0.3 is 15.4 Å². The van der Waals surface area contributed by atoms with Crippen LogP contribution < -0.4 is 5.73 Å². The first kappa shape index (κ1) is 12.4. The number of ether oxygens (including phenoxy) is 1. The summed E-state index contributed by atoms with van der Waals surface area (Å²) in [4.78, 5) is 25.2. The molecule has 1 aliphatic heterocycles. The Morgan fingerprint density at radius 1 is 1.50 bits per heavy atom. The number of likely N-dealkylation sites (tertiary alicyclic amines) is 1. The van der Waals surface area contributed by atoms with Crippen molar-refractivity contribution in [1.82, 2.24) is 4.90 Å². The molecule has 2 N–H and O–H groups in total. The van der Waals surface area contributed by atoms with E-state index in [1.165, 1.54) is 0 Å². The zero-order valence-corrected chi connectivity index (χ0v) is 10.5. The van der Waals surface area contributed by atoms with E-state index >= 15 is 0 Å². The fourth-order valence-corrected chi connectivity index (χ4v) is 1.95. The van der Waals surface area contributed by atoms with E-state index in [-0.39, 0.29) is 5.91 Å². The van der Waals surface area contributed by atoms with E-state index in [2.05, 4.69) is 0 Å². The van der Waals surface area contributed by atoms with Gasteiger partial charge in [0.25, 0.3) is 5.91 Å². The van der Waals surface area contributed by atoms with Crippen molar-refractivity contribution in [2.24, 2.45) is 0 Å². The summed E-state index contributed by atoms with van der Waals surface area (Å²) in [6, 6.07) is 5.05. The van der Waals surface area contributed by atoms with Gasteiger partial charge in [-0.2, -0.15) is 0 Å². The van der Waals surface area contributed by atoms with Gasteiger partial charge in [-0.15, -0.1) is 0 Å². The molecule has 5 heteroatoms. The van der Waals surface area contributed by atoms with Crippen LogP contribution in [0.5, 0.6) is 0 Å². The van der Waals surface area contributed by atoms with Crippen molar-refractivity contribution in [3.8, 4) is 0 Å². The number of nitrogens with two attached hydrogens (primary N) is 1. The Hall–Kier alpha value is -2.04. The summed E-state index contributed by atoms with van der Waals surface area (Å²) in [6.07, 6.45) is -0.119. The first-order valence-corrected chi connectivity index (χ1v) is 5.81. The summed E-state index contributed by atoms with van der Waals surface area (Å²) in [5.41, 5.74) is 7.34. The van der Waals surface area contributed by atoms with E-state index in [0.29, 0.717) is 24.2 Å². The highest BCUT2D eigenvalue weighted by molar-refractivity contribution is 5.94. The zero-order valence-electron chi connectivity index (χ0n) is 10.5. The molecule has 1 heterocycles. The molecule has 1 saturated heterocycles. The van der Waals surface area contributed by atoms with Crippen LogP contribution in [0.25, 0.3) is 0 Å². The summed E-state index contributed by atoms with van der Waals surface area (Å²) < 4.78 is 5.23. The van der Waals surface area contributed by atoms with Gasteiger partial charge in [-0.3, -0.25) is 4.79 Å². The van der Waals surface area contributed by atoms with Crippen LogP contribution in [0.1, 0.15) is 22.3 Å². The summed E-state index contributed by atoms with van der Waals surface area (Å²) in [5.74, 6) is -0.640. The average Bonchev–Trinajstić information content (AvgIpc) is 2.64. The highest BCUT2D eigenvalue weighted by Gasteiger charge is 2.32. The number of carbonyl (C=O) groups excluding carboxylic acids is 2. The number of rotatable bonds is 2. The lowest BCUT2D eigenvalue weighted by Gasteiger charge is -2.13. The second-order valence-electron chi connectivity index (χ2n) is 4.52. The molecule has 2 rings (SSSR count). The molecule has 0 bridgehead atoms. The van der Waals surface area contributed by atoms with E-state index in [1.54, 1.807) is 37.1 Å². The lowest BCUT2D eigenvalue weighted by molar-refractivity contribution is -0.133. The average molecular weight is 248 g/mol. The quantitative estimate of drug-likeness (QED) is 0.625. The van der Waals surface area contributed by atoms with E-state index in [4.69, 9.17) is 10.5 Å². The Morgan fingerprint density at radius 2 is 2.22 bits per heavy atom. The van der Waals surface area contributed by atoms with Gasteiger partial charge in [0.15, 0.2) is 6.10 Å². The molecule has 0 saturated carbocycles. The zero-order chi connectivity index (χ0) is 13.3. The minimum atomic E-state index is -0.664. The summed E-state index contributed by atoms with van der Waals surface area (Å²) in [6.45, 7) is 2.42. The van der Waals surface area contributed by atoms with Gasteiger partial charge >= 0.3 is 5.97 Å². The molecule has 96 valence electrons. The number of carbonyl (C=O) groups is 2. The number of likely N-dealkylation sites (N-methyl/N-ethyl adjacent to an activating group) is 1. The normalized spacial score (nSPS) is 19.1. The summed E-state index contributed by atoms with van der Waals surface area (Å²) in [7, 11) is 1.70. The van der Waals surface area contributed by atoms with Crippen LogP contribution in [-0.2, 0) is 9.53 Å². The van der Waals surface area contributed by atoms with Crippen molar-refractivity contribution < 1.29 is 14.3 Å². The van der Waals surface area contributed by atoms with E-state index in [0.717, 1.165) is 5.56 Å². The molecule has 1 unspecified atom stereocenters. The Bertz CT molecular complexity index is 499. The maximum Gasteiger partial charge on any atom is 0.339 e. The highest BCUT2D eigenvalue weighted by atomic mass is 16.5. The number of hydrogen-bond donors (Lipinski definition) is 1. The molecule has 0 aromatic heterocycles. The number of nitrogens with zero attached hydrogens (tertiary/aromatic N) is 1. The molecule has 1 aliphatic rings. The van der Waals surface area contributed by atoms with Crippen molar-refractivity contribution >= 4 is 17.6 Å². The molecule has 5 nitrogen and oxygen atoms in total. The predicted octanol–water partition coefficient (Wildman–Crippen LogP) is 0.965. The van der Waals surface area contributed by atoms with Crippen molar-refractivity contribution in [2.45, 2.75) is 19.4 Å². The van der Waals surface area contributed by atoms with Crippen molar-refractivity contribution in [1.29, 1.82) is 0 Å². The van der Waals surface area contributed by atoms with Gasteiger partial charge in [0.1, 0.15) is 0 Å². The predicted molar refractivity (Wildman–Crippen MR) is 67.0 cm³/mol. The number of anilines is 1. The Labute approximate surface area is 106 Å². The molecule has 0 aliphatic carbocycles. The van der Waals surface area contributed by atoms with Gasteiger partial charge in [0, 0.05) is 25.7 Å². The molecule has 1 atom stereocenters. The van der Waals surface area contributed by atoms with Crippen molar-refractivity contribution in [3.05, 3.63) is 29.3 Å². The van der Waals surface area contributed by atoms with Gasteiger partial charge in [-0.1, -0.05) is 6.07 Å². The smallest absolute Gasteiger partial charge is 0.339 e. The van der Waals surface area contributed by atoms with Crippen molar-refractivity contribution in [2.75, 3.05) is 19.3 Å². The second kappa shape index (κ2) is 4.68. The Balaban J connectivity index is 2.13. The van der Waals surface area contributed by atoms with Crippen LogP contribution in [-0.4, -0.2) is 36.5 Å². The largest absolute Gasteiger partial charge is 0.449 e. The molecular formula is C13H16N2O3. The standard InChI is InChI=1S/C13H16N2O3/c1-8-3-4-9(14)7-10(8)13(17)18-11-5-6-15(2)12(11)16/h3-4,7,11H,5-6,14H2,1-2H3. The number of amides is 1. The topological polar surface area (TPSA) is 72.6 Å². The first-order chi connectivity index (χ1) is 8.49. The third kappa shape index (κ3) is 2.30. The third-order valence-corrected chi connectivity index (χ3v) is 3.11. The summed E-state index contributed by atoms with van der Waals surface area (Å²) >= 11 is 0. The van der Waals surface area contributed by atoms with Crippen LogP contribution in [0.4, 0.5) is 5.69 Å². The lowest BCUT2D eigenvalue weighted by atomic mass is 10.1. The van der Waals surface area contributed by atoms with E-state index < -0.39 is 12.1 Å². The highest BCUT2D eigenvalue weighted by Crippen LogP contribution is 2.18. The molecule has 1 fully saturated rings. The fourth-order valence-electron chi connectivity index (χ4n) is 1.95. The Kier molecular flexibility index (Phi) is 3.23. The van der Waals surface area contributed by atoms with Gasteiger partial charge in [-0.05, 0) is 24.6 Å². The molecule has 1 aromatic carbocycles. The van der Waals surface area contributed by atoms with Crippen LogP contribution >= 0.6 is 0 Å². The second-order valence-corrected chi connectivity index (χ2v) is 4.52. The minimum absolute atomic E-state index is 0.148. The van der Waals surface area contributed by atoms with Gasteiger partial charge in [0.2, 0.25) is 0 Å². The minimum Gasteiger partial charge on any atom is -0.449 e. The lowest BCUT2D eigenvalue weighted by Crippen LogP contribution is -2.29. The molecule has 1 aromatic rings. The van der Waals surface area contributed by atoms with E-state index in [1.807, 2.05) is 0 Å². The van der Waals surface area contributed by atoms with Crippen LogP contribution in [0.2, 0.25) is 0 Å². The van der Waals surface area contributed by atoms with E-state index in [9.17, 15) is 9.59 Å². The van der Waals surface area contributed by atoms with Crippen LogP contribution in [0.3, 0.4) is 0 Å². The van der Waals surface area contributed by atoms with Gasteiger partial charge in [0.05, 0.1) is 5.56 Å². The Morgan fingerprint density at radius 3 is 2.83 bits per heavy atom. The summed E-state index contributed by atoms with van der Waals surface area (Å²) in [5, 5.41) is 0. The molecular weight excluding hydrogens is 232 g/mol. The maximum absolute atomic E-state index is 12.0. The number of benzene rings is 1. The first-order valence-electron chi connectivity index (χ1n) is 5.81. The molecule has 18 heavy (non-hydrogen) atoms. The molecule has 0 spiro atoms. The maximum atomic E-state index is 12.0. The number of aryl methyl sites for hydroxylation is 1. The van der Waals surface area contributed by atoms with Crippen molar-refractivity contribution in [3.63, 3.8) is 0 Å².